The molecule has 1 unspecified atom stereocenters. The Morgan fingerprint density at radius 2 is 2.03 bits per heavy atom. The van der Waals surface area contributed by atoms with Gasteiger partial charge >= 0.3 is 0 Å². The van der Waals surface area contributed by atoms with E-state index in [1.54, 1.807) is 0 Å². The molecular formula is C26H32N8O2. The number of likely N-dealkylation sites (N-methyl/N-ethyl adjacent to an activating group) is 1. The number of hydrogen-bond donors (Lipinski definition) is 3. The fourth-order valence-corrected chi connectivity index (χ4v) is 4.30. The highest BCUT2D eigenvalue weighted by Crippen LogP contribution is 2.35. The number of piperidine rings is 1. The Morgan fingerprint density at radius 1 is 1.19 bits per heavy atom. The van der Waals surface area contributed by atoms with Crippen LogP contribution in [0.2, 0.25) is 0 Å². The summed E-state index contributed by atoms with van der Waals surface area (Å²) in [6.45, 7) is 6.44. The second-order valence-corrected chi connectivity index (χ2v) is 9.52. The minimum Gasteiger partial charge on any atom is -0.472 e. The Kier molecular flexibility index (Phi) is 6.86. The first-order valence-electron chi connectivity index (χ1n) is 12.3. The first kappa shape index (κ1) is 23.8. The van der Waals surface area contributed by atoms with E-state index in [4.69, 9.17) is 20.0 Å². The van der Waals surface area contributed by atoms with Crippen LogP contribution in [0.1, 0.15) is 44.1 Å². The quantitative estimate of drug-likeness (QED) is 0.332. The second kappa shape index (κ2) is 10.4. The van der Waals surface area contributed by atoms with Crippen molar-refractivity contribution in [3.05, 3.63) is 53.9 Å². The summed E-state index contributed by atoms with van der Waals surface area (Å²) in [5, 5.41) is 14.9. The van der Waals surface area contributed by atoms with E-state index in [1.165, 1.54) is 0 Å². The van der Waals surface area contributed by atoms with Gasteiger partial charge in [0.15, 0.2) is 5.76 Å². The molecule has 0 bridgehead atoms. The molecule has 1 atom stereocenters. The van der Waals surface area contributed by atoms with Crippen LogP contribution in [0.15, 0.2) is 47.0 Å². The number of rotatable bonds is 8. The molecule has 10 nitrogen and oxygen atoms in total. The summed E-state index contributed by atoms with van der Waals surface area (Å²) >= 11 is 0. The minimum absolute atomic E-state index is 0.0101. The van der Waals surface area contributed by atoms with Crippen molar-refractivity contribution in [2.24, 2.45) is 0 Å². The zero-order valence-electron chi connectivity index (χ0n) is 20.9. The molecular weight excluding hydrogens is 456 g/mol. The van der Waals surface area contributed by atoms with E-state index in [9.17, 15) is 0 Å². The van der Waals surface area contributed by atoms with E-state index in [2.05, 4.69) is 51.4 Å². The van der Waals surface area contributed by atoms with Crippen molar-refractivity contribution in [1.82, 2.24) is 30.2 Å². The lowest BCUT2D eigenvalue weighted by atomic mass is 10.1. The maximum Gasteiger partial charge on any atom is 0.230 e. The van der Waals surface area contributed by atoms with Crippen molar-refractivity contribution in [3.8, 4) is 28.4 Å². The maximum absolute atomic E-state index is 6.45. The second-order valence-electron chi connectivity index (χ2n) is 9.52. The Balaban J connectivity index is 1.40. The number of nitrogens with two attached hydrogens (primary N) is 1. The fraction of sp³-hybridized carbons (Fsp3) is 0.385. The van der Waals surface area contributed by atoms with Gasteiger partial charge in [0, 0.05) is 23.9 Å². The van der Waals surface area contributed by atoms with Crippen molar-refractivity contribution in [1.29, 1.82) is 0 Å². The van der Waals surface area contributed by atoms with Crippen LogP contribution in [-0.4, -0.2) is 56.5 Å². The van der Waals surface area contributed by atoms with Crippen LogP contribution in [0.4, 0.5) is 11.8 Å². The van der Waals surface area contributed by atoms with E-state index >= 15 is 0 Å². The highest BCUT2D eigenvalue weighted by Gasteiger charge is 2.25. The predicted octanol–water partition coefficient (Wildman–Crippen LogP) is 4.31. The lowest BCUT2D eigenvalue weighted by Crippen LogP contribution is -2.38. The minimum atomic E-state index is 0.0101. The van der Waals surface area contributed by atoms with Gasteiger partial charge in [-0.25, -0.2) is 0 Å². The zero-order chi connectivity index (χ0) is 25.1. The van der Waals surface area contributed by atoms with Crippen molar-refractivity contribution >= 4 is 11.8 Å². The lowest BCUT2D eigenvalue weighted by molar-refractivity contribution is 0.101. The fourth-order valence-electron chi connectivity index (χ4n) is 4.30. The van der Waals surface area contributed by atoms with Gasteiger partial charge in [-0.2, -0.15) is 15.1 Å². The van der Waals surface area contributed by atoms with Crippen LogP contribution in [-0.2, 0) is 6.54 Å². The molecule has 3 aromatic heterocycles. The van der Waals surface area contributed by atoms with Crippen LogP contribution in [0, 0.1) is 0 Å². The molecule has 0 spiro atoms. The lowest BCUT2D eigenvalue weighted by Gasteiger charge is -2.30. The summed E-state index contributed by atoms with van der Waals surface area (Å²) in [6.07, 6.45) is 2.03. The van der Waals surface area contributed by atoms with Crippen molar-refractivity contribution in [3.63, 3.8) is 0 Å². The summed E-state index contributed by atoms with van der Waals surface area (Å²) in [5.74, 6) is 2.04. The van der Waals surface area contributed by atoms with Gasteiger partial charge in [-0.15, -0.1) is 0 Å². The van der Waals surface area contributed by atoms with Gasteiger partial charge < -0.3 is 25.2 Å². The SMILES string of the molecule is CC(C)c1cc(-c2c(N)nc(NCc3cc(-c4ccccc4)no3)nc2OC2CCCN(C)C2)n[nH]1. The number of likely N-dealkylation sites (tertiary alicyclic amines) is 1. The third-order valence-electron chi connectivity index (χ3n) is 6.29. The topological polar surface area (TPSA) is 131 Å². The van der Waals surface area contributed by atoms with Crippen LogP contribution >= 0.6 is 0 Å². The average molecular weight is 489 g/mol. The highest BCUT2D eigenvalue weighted by molar-refractivity contribution is 5.77. The standard InChI is InChI=1S/C26H32N8O2/c1-16(2)20-13-22(32-31-20)23-24(27)29-26(30-25(23)35-18-10-7-11-34(3)15-18)28-14-19-12-21(33-36-19)17-8-5-4-6-9-17/h4-6,8-9,12-13,16,18H,7,10-11,14-15H2,1-3H3,(H,31,32)(H3,27,28,29,30). The van der Waals surface area contributed by atoms with Gasteiger partial charge in [0.2, 0.25) is 11.8 Å². The molecule has 5 rings (SSSR count). The third-order valence-corrected chi connectivity index (χ3v) is 6.29. The van der Waals surface area contributed by atoms with Crippen molar-refractivity contribution in [2.45, 2.75) is 45.3 Å². The van der Waals surface area contributed by atoms with Gasteiger partial charge in [0.05, 0.1) is 6.54 Å². The Hall–Kier alpha value is -3.92. The summed E-state index contributed by atoms with van der Waals surface area (Å²) < 4.78 is 11.9. The number of nitrogens with zero attached hydrogens (tertiary/aromatic N) is 5. The third kappa shape index (κ3) is 5.33. The first-order valence-corrected chi connectivity index (χ1v) is 12.3. The number of hydrogen-bond acceptors (Lipinski definition) is 9. The molecule has 188 valence electrons. The van der Waals surface area contributed by atoms with Crippen LogP contribution in [0.5, 0.6) is 5.88 Å². The van der Waals surface area contributed by atoms with Gasteiger partial charge in [-0.3, -0.25) is 5.10 Å². The number of nitrogen functional groups attached to an aromatic ring is 1. The number of anilines is 2. The Labute approximate surface area is 210 Å². The van der Waals surface area contributed by atoms with Crippen LogP contribution < -0.4 is 15.8 Å². The van der Waals surface area contributed by atoms with E-state index < -0.39 is 0 Å². The van der Waals surface area contributed by atoms with E-state index in [0.717, 1.165) is 42.9 Å². The van der Waals surface area contributed by atoms with Gasteiger partial charge in [0.1, 0.15) is 28.9 Å². The van der Waals surface area contributed by atoms with Crippen LogP contribution in [0.25, 0.3) is 22.5 Å². The van der Waals surface area contributed by atoms with Gasteiger partial charge in [-0.05, 0) is 38.4 Å². The molecule has 4 heterocycles. The van der Waals surface area contributed by atoms with Gasteiger partial charge in [0.25, 0.3) is 0 Å². The molecule has 1 aliphatic rings. The van der Waals surface area contributed by atoms with Crippen LogP contribution in [0.3, 0.4) is 0 Å². The molecule has 0 radical (unpaired) electrons. The number of H-pyrrole nitrogens is 1. The molecule has 4 N–H and O–H groups in total. The van der Waals surface area contributed by atoms with E-state index in [0.29, 0.717) is 47.1 Å². The summed E-state index contributed by atoms with van der Waals surface area (Å²) in [6, 6.07) is 13.8. The molecule has 0 amide bonds. The Morgan fingerprint density at radius 3 is 2.78 bits per heavy atom. The molecule has 1 fully saturated rings. The molecule has 0 saturated carbocycles. The number of aromatic nitrogens is 5. The Bertz CT molecular complexity index is 1300. The number of benzene rings is 1. The smallest absolute Gasteiger partial charge is 0.230 e. The maximum atomic E-state index is 6.45. The molecule has 1 aliphatic heterocycles. The average Bonchev–Trinajstić information content (AvgIpc) is 3.54. The van der Waals surface area contributed by atoms with E-state index in [-0.39, 0.29) is 6.10 Å². The number of aromatic amines is 1. The predicted molar refractivity (Wildman–Crippen MR) is 139 cm³/mol. The molecule has 1 saturated heterocycles. The molecule has 36 heavy (non-hydrogen) atoms. The van der Waals surface area contributed by atoms with Gasteiger partial charge in [-0.1, -0.05) is 49.3 Å². The summed E-state index contributed by atoms with van der Waals surface area (Å²) in [7, 11) is 2.10. The normalized spacial score (nSPS) is 16.4. The largest absolute Gasteiger partial charge is 0.472 e. The highest BCUT2D eigenvalue weighted by atomic mass is 16.5. The molecule has 10 heteroatoms. The first-order chi connectivity index (χ1) is 17.5. The summed E-state index contributed by atoms with van der Waals surface area (Å²) in [5.41, 5.74) is 10.5. The number of ether oxygens (including phenoxy) is 1. The summed E-state index contributed by atoms with van der Waals surface area (Å²) in [4.78, 5) is 11.5. The van der Waals surface area contributed by atoms with Crippen molar-refractivity contribution in [2.75, 3.05) is 31.2 Å². The molecule has 0 aliphatic carbocycles. The zero-order valence-corrected chi connectivity index (χ0v) is 20.9. The molecule has 4 aromatic rings. The van der Waals surface area contributed by atoms with E-state index in [1.807, 2.05) is 42.5 Å². The molecule has 1 aromatic carbocycles. The van der Waals surface area contributed by atoms with Crippen molar-refractivity contribution < 1.29 is 9.26 Å². The monoisotopic (exact) mass is 488 g/mol. The number of nitrogens with one attached hydrogen (secondary N) is 2.